The van der Waals surface area contributed by atoms with E-state index in [4.69, 9.17) is 0 Å². The number of hydrazine groups is 1. The molecule has 2 atom stereocenters. The molecule has 3 aliphatic rings. The second-order valence-corrected chi connectivity index (χ2v) is 6.00. The summed E-state index contributed by atoms with van der Waals surface area (Å²) in [6, 6.07) is 0.245. The van der Waals surface area contributed by atoms with Crippen LogP contribution >= 0.6 is 0 Å². The van der Waals surface area contributed by atoms with Crippen LogP contribution in [-0.4, -0.2) is 48.0 Å². The zero-order chi connectivity index (χ0) is 14.8. The van der Waals surface area contributed by atoms with Gasteiger partial charge in [-0.2, -0.15) is 0 Å². The van der Waals surface area contributed by atoms with Crippen LogP contribution in [0.1, 0.15) is 26.2 Å². The van der Waals surface area contributed by atoms with E-state index < -0.39 is 0 Å². The Labute approximate surface area is 126 Å². The minimum Gasteiger partial charge on any atom is -0.367 e. The molecular formula is C16H24N4O. The Hall–Kier alpha value is -1.59. The van der Waals surface area contributed by atoms with Crippen LogP contribution in [0.25, 0.3) is 0 Å². The third-order valence-corrected chi connectivity index (χ3v) is 4.30. The van der Waals surface area contributed by atoms with E-state index in [2.05, 4.69) is 39.9 Å². The van der Waals surface area contributed by atoms with Gasteiger partial charge in [-0.1, -0.05) is 19.4 Å². The molecule has 0 amide bonds. The number of fused-ring (bicyclic) bond motifs is 3. The highest BCUT2D eigenvalue weighted by Gasteiger charge is 2.39. The summed E-state index contributed by atoms with van der Waals surface area (Å²) in [6.45, 7) is 3.68. The summed E-state index contributed by atoms with van der Waals surface area (Å²) in [6.07, 6.45) is 11.3. The molecule has 114 valence electrons. The first-order chi connectivity index (χ1) is 10.2. The highest BCUT2D eigenvalue weighted by Crippen LogP contribution is 2.33. The summed E-state index contributed by atoms with van der Waals surface area (Å²) < 4.78 is 0. The van der Waals surface area contributed by atoms with E-state index in [-0.39, 0.29) is 12.2 Å². The van der Waals surface area contributed by atoms with Gasteiger partial charge in [-0.3, -0.25) is 14.7 Å². The van der Waals surface area contributed by atoms with Gasteiger partial charge in [0.1, 0.15) is 6.17 Å². The second-order valence-electron chi connectivity index (χ2n) is 6.00. The number of carbonyl (C=O) groups is 1. The molecule has 2 unspecified atom stereocenters. The third-order valence-electron chi connectivity index (χ3n) is 4.30. The van der Waals surface area contributed by atoms with Gasteiger partial charge in [0.25, 0.3) is 0 Å². The number of unbranched alkanes of at least 4 members (excludes halogenated alkanes) is 1. The predicted molar refractivity (Wildman–Crippen MR) is 83.0 cm³/mol. The number of nitrogens with one attached hydrogen (secondary N) is 2. The van der Waals surface area contributed by atoms with Gasteiger partial charge >= 0.3 is 0 Å². The van der Waals surface area contributed by atoms with Crippen LogP contribution < -0.4 is 10.7 Å². The van der Waals surface area contributed by atoms with Gasteiger partial charge < -0.3 is 5.32 Å². The topological polar surface area (TPSA) is 47.6 Å². The molecule has 3 aliphatic heterocycles. The summed E-state index contributed by atoms with van der Waals surface area (Å²) in [5.41, 5.74) is 5.98. The lowest BCUT2D eigenvalue weighted by Crippen LogP contribution is -2.59. The number of dihydropyridines is 1. The second kappa shape index (κ2) is 6.03. The fourth-order valence-electron chi connectivity index (χ4n) is 3.37. The molecule has 1 fully saturated rings. The van der Waals surface area contributed by atoms with E-state index in [1.807, 2.05) is 19.3 Å². The predicted octanol–water partition coefficient (Wildman–Crippen LogP) is 1.13. The third kappa shape index (κ3) is 2.76. The average molecular weight is 288 g/mol. The minimum absolute atomic E-state index is 0.135. The molecule has 0 radical (unpaired) electrons. The standard InChI is InChI=1S/C16H24N4O/c1-3-4-8-18-20-10-12-9-13(21)11-19(2)15(12)14-6-5-7-17-16(14)20/h5-7,10,15-18H,3-4,8-9,11H2,1-2H3. The molecule has 0 saturated carbocycles. The number of piperidine rings is 1. The maximum atomic E-state index is 11.9. The number of ketones is 1. The Morgan fingerprint density at radius 1 is 1.48 bits per heavy atom. The largest absolute Gasteiger partial charge is 0.367 e. The highest BCUT2D eigenvalue weighted by atomic mass is 16.1. The molecule has 0 spiro atoms. The molecule has 21 heavy (non-hydrogen) atoms. The zero-order valence-corrected chi connectivity index (χ0v) is 12.8. The molecule has 0 aromatic heterocycles. The van der Waals surface area contributed by atoms with Crippen molar-refractivity contribution in [3.8, 4) is 0 Å². The van der Waals surface area contributed by atoms with Gasteiger partial charge in [-0.25, -0.2) is 5.43 Å². The van der Waals surface area contributed by atoms with E-state index in [9.17, 15) is 4.79 Å². The smallest absolute Gasteiger partial charge is 0.151 e. The number of carbonyl (C=O) groups excluding carboxylic acids is 1. The van der Waals surface area contributed by atoms with Crippen molar-refractivity contribution in [3.63, 3.8) is 0 Å². The molecule has 3 rings (SSSR count). The monoisotopic (exact) mass is 288 g/mol. The number of likely N-dealkylation sites (N-methyl/N-ethyl adjacent to an activating group) is 1. The van der Waals surface area contributed by atoms with E-state index in [1.165, 1.54) is 17.6 Å². The van der Waals surface area contributed by atoms with Crippen LogP contribution in [0.2, 0.25) is 0 Å². The van der Waals surface area contributed by atoms with Crippen molar-refractivity contribution >= 4 is 5.78 Å². The normalized spacial score (nSPS) is 28.5. The van der Waals surface area contributed by atoms with Gasteiger partial charge in [0.15, 0.2) is 5.78 Å². The Kier molecular flexibility index (Phi) is 4.12. The fourth-order valence-corrected chi connectivity index (χ4v) is 3.37. The van der Waals surface area contributed by atoms with Crippen molar-refractivity contribution in [2.24, 2.45) is 0 Å². The molecule has 0 bridgehead atoms. The Morgan fingerprint density at radius 3 is 3.14 bits per heavy atom. The van der Waals surface area contributed by atoms with E-state index in [0.29, 0.717) is 18.7 Å². The summed E-state index contributed by atoms with van der Waals surface area (Å²) in [4.78, 5) is 14.0. The maximum absolute atomic E-state index is 11.9. The van der Waals surface area contributed by atoms with Gasteiger partial charge in [0, 0.05) is 19.2 Å². The number of nitrogens with zero attached hydrogens (tertiary/aromatic N) is 2. The van der Waals surface area contributed by atoms with Crippen LogP contribution in [0, 0.1) is 0 Å². The molecular weight excluding hydrogens is 264 g/mol. The lowest BCUT2D eigenvalue weighted by molar-refractivity contribution is -0.121. The van der Waals surface area contributed by atoms with Crippen LogP contribution in [0.4, 0.5) is 0 Å². The lowest BCUT2D eigenvalue weighted by atomic mass is 9.85. The van der Waals surface area contributed by atoms with Gasteiger partial charge in [0.2, 0.25) is 0 Å². The van der Waals surface area contributed by atoms with Crippen molar-refractivity contribution in [3.05, 3.63) is 35.7 Å². The first-order valence-corrected chi connectivity index (χ1v) is 7.77. The number of Topliss-reactive ketones (excluding diaryl/α,β-unsaturated/α-hetero) is 1. The van der Waals surface area contributed by atoms with Crippen molar-refractivity contribution < 1.29 is 4.79 Å². The zero-order valence-electron chi connectivity index (χ0n) is 12.8. The van der Waals surface area contributed by atoms with E-state index in [1.54, 1.807) is 0 Å². The van der Waals surface area contributed by atoms with Gasteiger partial charge in [0.05, 0.1) is 12.6 Å². The molecule has 5 heteroatoms. The number of allylic oxidation sites excluding steroid dienone is 2. The summed E-state index contributed by atoms with van der Waals surface area (Å²) in [5, 5.41) is 5.55. The lowest BCUT2D eigenvalue weighted by Gasteiger charge is -2.47. The van der Waals surface area contributed by atoms with Crippen LogP contribution in [0.15, 0.2) is 35.7 Å². The van der Waals surface area contributed by atoms with Crippen LogP contribution in [0.5, 0.6) is 0 Å². The first-order valence-electron chi connectivity index (χ1n) is 7.77. The maximum Gasteiger partial charge on any atom is 0.151 e. The number of likely N-dealkylation sites (tertiary alicyclic amines) is 1. The number of hydrogen-bond acceptors (Lipinski definition) is 5. The number of rotatable bonds is 4. The Balaban J connectivity index is 1.87. The van der Waals surface area contributed by atoms with Gasteiger partial charge in [-0.05, 0) is 36.9 Å². The quantitative estimate of drug-likeness (QED) is 0.760. The van der Waals surface area contributed by atoms with Crippen molar-refractivity contribution in [2.45, 2.75) is 38.4 Å². The minimum atomic E-state index is 0.135. The number of hydrogen-bond donors (Lipinski definition) is 2. The highest BCUT2D eigenvalue weighted by molar-refractivity contribution is 5.85. The Bertz CT molecular complexity index is 508. The summed E-state index contributed by atoms with van der Waals surface area (Å²) in [7, 11) is 2.03. The molecule has 3 heterocycles. The molecule has 5 nitrogen and oxygen atoms in total. The van der Waals surface area contributed by atoms with Crippen LogP contribution in [0.3, 0.4) is 0 Å². The van der Waals surface area contributed by atoms with Crippen molar-refractivity contribution in [1.82, 2.24) is 20.7 Å². The molecule has 0 aromatic rings. The van der Waals surface area contributed by atoms with E-state index in [0.717, 1.165) is 13.0 Å². The van der Waals surface area contributed by atoms with Gasteiger partial charge in [-0.15, -0.1) is 0 Å². The molecule has 2 N–H and O–H groups in total. The molecule has 1 saturated heterocycles. The summed E-state index contributed by atoms with van der Waals surface area (Å²) in [5.74, 6) is 0.298. The summed E-state index contributed by atoms with van der Waals surface area (Å²) >= 11 is 0. The van der Waals surface area contributed by atoms with E-state index >= 15 is 0 Å². The first kappa shape index (κ1) is 14.4. The molecule has 0 aliphatic carbocycles. The molecule has 0 aromatic carbocycles. The van der Waals surface area contributed by atoms with Crippen molar-refractivity contribution in [2.75, 3.05) is 20.1 Å². The Morgan fingerprint density at radius 2 is 2.33 bits per heavy atom. The SMILES string of the molecule is CCCCNN1C=C2CC(=O)CN(C)C2C2=CC=CNC21. The van der Waals surface area contributed by atoms with Crippen LogP contribution in [-0.2, 0) is 4.79 Å². The fraction of sp³-hybridized carbons (Fsp3) is 0.562. The average Bonchev–Trinajstić information content (AvgIpc) is 2.46. The van der Waals surface area contributed by atoms with Crippen molar-refractivity contribution in [1.29, 1.82) is 0 Å².